The Morgan fingerprint density at radius 2 is 2.33 bits per heavy atom. The second-order valence-electron chi connectivity index (χ2n) is 4.71. The second-order valence-corrected chi connectivity index (χ2v) is 4.71. The third-order valence-corrected chi connectivity index (χ3v) is 3.61. The number of benzene rings is 1. The Morgan fingerprint density at radius 3 is 2.89 bits per heavy atom. The van der Waals surface area contributed by atoms with E-state index in [0.717, 1.165) is 18.7 Å². The van der Waals surface area contributed by atoms with Gasteiger partial charge in [0, 0.05) is 18.3 Å². The topological polar surface area (TPSA) is 92.6 Å². The van der Waals surface area contributed by atoms with E-state index in [1.807, 2.05) is 0 Å². The lowest BCUT2D eigenvalue weighted by Gasteiger charge is -2.27. The first-order chi connectivity index (χ1) is 8.54. The highest BCUT2D eigenvalue weighted by Crippen LogP contribution is 2.33. The van der Waals surface area contributed by atoms with Gasteiger partial charge in [-0.15, -0.1) is 0 Å². The van der Waals surface area contributed by atoms with Crippen LogP contribution in [0.1, 0.15) is 13.3 Å². The number of aliphatic hydroxyl groups is 1. The summed E-state index contributed by atoms with van der Waals surface area (Å²) in [6.07, 6.45) is 1.00. The van der Waals surface area contributed by atoms with Gasteiger partial charge in [0.05, 0.1) is 17.6 Å². The first-order valence-corrected chi connectivity index (χ1v) is 5.96. The van der Waals surface area contributed by atoms with Crippen molar-refractivity contribution in [3.8, 4) is 0 Å². The molecule has 1 aromatic carbocycles. The Hall–Kier alpha value is -1.82. The molecule has 0 amide bonds. The van der Waals surface area contributed by atoms with Crippen LogP contribution in [0.4, 0.5) is 17.1 Å². The zero-order valence-corrected chi connectivity index (χ0v) is 10.2. The Labute approximate surface area is 105 Å². The van der Waals surface area contributed by atoms with E-state index in [-0.39, 0.29) is 24.0 Å². The van der Waals surface area contributed by atoms with Crippen LogP contribution in [-0.2, 0) is 0 Å². The molecule has 0 radical (unpaired) electrons. The zero-order valence-electron chi connectivity index (χ0n) is 10.2. The second kappa shape index (κ2) is 4.81. The van der Waals surface area contributed by atoms with E-state index in [2.05, 4.69) is 11.8 Å². The molecular formula is C12H17N3O3. The van der Waals surface area contributed by atoms with Crippen molar-refractivity contribution < 1.29 is 10.0 Å². The monoisotopic (exact) mass is 251 g/mol. The first-order valence-electron chi connectivity index (χ1n) is 5.96. The van der Waals surface area contributed by atoms with E-state index in [1.54, 1.807) is 12.1 Å². The number of nitro benzene ring substituents is 1. The Kier molecular flexibility index (Phi) is 3.38. The molecule has 1 saturated heterocycles. The molecule has 2 unspecified atom stereocenters. The molecule has 6 heteroatoms. The highest BCUT2D eigenvalue weighted by atomic mass is 16.6. The summed E-state index contributed by atoms with van der Waals surface area (Å²) < 4.78 is 0. The number of rotatable bonds is 3. The Balaban J connectivity index is 2.29. The van der Waals surface area contributed by atoms with Crippen molar-refractivity contribution in [3.63, 3.8) is 0 Å². The van der Waals surface area contributed by atoms with Crippen molar-refractivity contribution in [2.24, 2.45) is 5.92 Å². The van der Waals surface area contributed by atoms with Crippen LogP contribution in [0.5, 0.6) is 0 Å². The third-order valence-electron chi connectivity index (χ3n) is 3.61. The van der Waals surface area contributed by atoms with E-state index < -0.39 is 4.92 Å². The number of nitrogen functional groups attached to an aromatic ring is 1. The van der Waals surface area contributed by atoms with Gasteiger partial charge in [0.25, 0.3) is 5.69 Å². The van der Waals surface area contributed by atoms with E-state index in [9.17, 15) is 15.2 Å². The first kappa shape index (κ1) is 12.6. The molecule has 1 aliphatic rings. The van der Waals surface area contributed by atoms with Gasteiger partial charge >= 0.3 is 0 Å². The maximum atomic E-state index is 10.7. The lowest BCUT2D eigenvalue weighted by molar-refractivity contribution is -0.383. The molecule has 0 saturated carbocycles. The molecule has 0 bridgehead atoms. The summed E-state index contributed by atoms with van der Waals surface area (Å²) in [6.45, 7) is 3.01. The lowest BCUT2D eigenvalue weighted by atomic mass is 10.0. The minimum Gasteiger partial charge on any atom is -0.394 e. The van der Waals surface area contributed by atoms with Gasteiger partial charge in [-0.25, -0.2) is 0 Å². The van der Waals surface area contributed by atoms with Crippen LogP contribution in [0.15, 0.2) is 18.2 Å². The summed E-state index contributed by atoms with van der Waals surface area (Å²) in [6, 6.07) is 4.78. The highest BCUT2D eigenvalue weighted by molar-refractivity contribution is 5.67. The van der Waals surface area contributed by atoms with Crippen LogP contribution in [0.2, 0.25) is 0 Å². The van der Waals surface area contributed by atoms with Crippen LogP contribution in [-0.4, -0.2) is 29.2 Å². The van der Waals surface area contributed by atoms with Gasteiger partial charge in [0.2, 0.25) is 0 Å². The average molecular weight is 251 g/mol. The standard InChI is InChI=1S/C12H17N3O3/c1-8-4-5-14(12(8)7-16)9-2-3-11(15(17)18)10(13)6-9/h2-3,6,8,12,16H,4-5,7,13H2,1H3. The molecular weight excluding hydrogens is 234 g/mol. The summed E-state index contributed by atoms with van der Waals surface area (Å²) in [5.41, 5.74) is 6.60. The molecule has 0 spiro atoms. The molecule has 3 N–H and O–H groups in total. The molecule has 18 heavy (non-hydrogen) atoms. The van der Waals surface area contributed by atoms with E-state index >= 15 is 0 Å². The van der Waals surface area contributed by atoms with Crippen molar-refractivity contribution in [2.75, 3.05) is 23.8 Å². The van der Waals surface area contributed by atoms with Crippen LogP contribution in [0.25, 0.3) is 0 Å². The normalized spacial score (nSPS) is 23.3. The molecule has 0 aromatic heterocycles. The van der Waals surface area contributed by atoms with Gasteiger partial charge in [0.15, 0.2) is 0 Å². The number of anilines is 2. The minimum atomic E-state index is -0.491. The fourth-order valence-electron chi connectivity index (χ4n) is 2.49. The number of nitro groups is 1. The maximum Gasteiger partial charge on any atom is 0.292 e. The minimum absolute atomic E-state index is 0.0610. The molecule has 0 aliphatic carbocycles. The van der Waals surface area contributed by atoms with Crippen molar-refractivity contribution in [1.82, 2.24) is 0 Å². The molecule has 1 heterocycles. The summed E-state index contributed by atoms with van der Waals surface area (Å²) in [5, 5.41) is 20.1. The number of hydrogen-bond acceptors (Lipinski definition) is 5. The van der Waals surface area contributed by atoms with Crippen molar-refractivity contribution >= 4 is 17.1 Å². The van der Waals surface area contributed by atoms with Gasteiger partial charge < -0.3 is 15.7 Å². The molecule has 1 fully saturated rings. The molecule has 1 aliphatic heterocycles. The van der Waals surface area contributed by atoms with Crippen molar-refractivity contribution in [1.29, 1.82) is 0 Å². The van der Waals surface area contributed by atoms with Gasteiger partial charge in [-0.2, -0.15) is 0 Å². The molecule has 1 aromatic rings. The average Bonchev–Trinajstić information content (AvgIpc) is 2.69. The predicted molar refractivity (Wildman–Crippen MR) is 69.5 cm³/mol. The van der Waals surface area contributed by atoms with Crippen molar-refractivity contribution in [2.45, 2.75) is 19.4 Å². The number of nitrogens with zero attached hydrogens (tertiary/aromatic N) is 2. The van der Waals surface area contributed by atoms with Gasteiger partial charge in [-0.1, -0.05) is 6.92 Å². The summed E-state index contributed by atoms with van der Waals surface area (Å²) in [7, 11) is 0. The van der Waals surface area contributed by atoms with E-state index in [1.165, 1.54) is 6.07 Å². The highest BCUT2D eigenvalue weighted by Gasteiger charge is 2.31. The predicted octanol–water partition coefficient (Wildman–Crippen LogP) is 1.38. The quantitative estimate of drug-likeness (QED) is 0.481. The number of aliphatic hydroxyl groups excluding tert-OH is 1. The molecule has 98 valence electrons. The Bertz CT molecular complexity index is 464. The van der Waals surface area contributed by atoms with Gasteiger partial charge in [0.1, 0.15) is 5.69 Å². The van der Waals surface area contributed by atoms with Crippen LogP contribution < -0.4 is 10.6 Å². The zero-order chi connectivity index (χ0) is 13.3. The largest absolute Gasteiger partial charge is 0.394 e. The third kappa shape index (κ3) is 2.11. The summed E-state index contributed by atoms with van der Waals surface area (Å²) in [5.74, 6) is 0.409. The maximum absolute atomic E-state index is 10.7. The smallest absolute Gasteiger partial charge is 0.292 e. The number of hydrogen-bond donors (Lipinski definition) is 2. The van der Waals surface area contributed by atoms with Crippen LogP contribution in [0.3, 0.4) is 0 Å². The summed E-state index contributed by atoms with van der Waals surface area (Å²) >= 11 is 0. The van der Waals surface area contributed by atoms with Crippen molar-refractivity contribution in [3.05, 3.63) is 28.3 Å². The molecule has 2 rings (SSSR count). The fraction of sp³-hybridized carbons (Fsp3) is 0.500. The lowest BCUT2D eigenvalue weighted by Crippen LogP contribution is -2.35. The van der Waals surface area contributed by atoms with E-state index in [0.29, 0.717) is 5.92 Å². The SMILES string of the molecule is CC1CCN(c2ccc([N+](=O)[O-])c(N)c2)C1CO. The molecule has 6 nitrogen and oxygen atoms in total. The Morgan fingerprint density at radius 1 is 1.61 bits per heavy atom. The van der Waals surface area contributed by atoms with Gasteiger partial charge in [-0.3, -0.25) is 10.1 Å². The van der Waals surface area contributed by atoms with Crippen LogP contribution >= 0.6 is 0 Å². The number of nitrogens with two attached hydrogens (primary N) is 1. The van der Waals surface area contributed by atoms with Crippen LogP contribution in [0, 0.1) is 16.0 Å². The fourth-order valence-corrected chi connectivity index (χ4v) is 2.49. The summed E-state index contributed by atoms with van der Waals surface area (Å²) in [4.78, 5) is 12.3. The molecule has 2 atom stereocenters. The van der Waals surface area contributed by atoms with Gasteiger partial charge in [-0.05, 0) is 24.5 Å². The van der Waals surface area contributed by atoms with E-state index in [4.69, 9.17) is 5.73 Å².